The fourth-order valence-corrected chi connectivity index (χ4v) is 7.00. The number of hydrogen-bond acceptors (Lipinski definition) is 5. The first-order chi connectivity index (χ1) is 15.7. The largest absolute Gasteiger partial charge is 0.369 e. The quantitative estimate of drug-likeness (QED) is 0.567. The van der Waals surface area contributed by atoms with Crippen LogP contribution in [0.25, 0.3) is 21.2 Å². The third-order valence-corrected chi connectivity index (χ3v) is 8.94. The molecule has 5 heterocycles. The molecule has 1 atom stereocenters. The van der Waals surface area contributed by atoms with Gasteiger partial charge in [0.05, 0.1) is 4.88 Å². The van der Waals surface area contributed by atoms with Crippen molar-refractivity contribution in [2.45, 2.75) is 19.3 Å². The molecule has 2 aromatic carbocycles. The molecule has 4 nitrogen and oxygen atoms in total. The Labute approximate surface area is 194 Å². The van der Waals surface area contributed by atoms with Gasteiger partial charge in [-0.2, -0.15) is 0 Å². The number of Topliss-reactive ketones (excluding diaryl/α,β-unsaturated/α-hetero) is 1. The lowest BCUT2D eigenvalue weighted by molar-refractivity contribution is 0.0442. The van der Waals surface area contributed by atoms with E-state index in [2.05, 4.69) is 63.6 Å². The van der Waals surface area contributed by atoms with Crippen LogP contribution in [0, 0.1) is 11.8 Å². The summed E-state index contributed by atoms with van der Waals surface area (Å²) in [5.74, 6) is 1.64. The molecule has 4 aliphatic heterocycles. The summed E-state index contributed by atoms with van der Waals surface area (Å²) in [4.78, 5) is 19.1. The summed E-state index contributed by atoms with van der Waals surface area (Å²) in [6.07, 6.45) is 3.26. The van der Waals surface area contributed by atoms with Crippen molar-refractivity contribution in [3.8, 4) is 11.1 Å². The zero-order valence-electron chi connectivity index (χ0n) is 18.6. The van der Waals surface area contributed by atoms with Gasteiger partial charge in [-0.25, -0.2) is 0 Å². The van der Waals surface area contributed by atoms with Gasteiger partial charge in [0.25, 0.3) is 0 Å². The molecule has 0 saturated carbocycles. The fourth-order valence-electron chi connectivity index (χ4n) is 5.86. The summed E-state index contributed by atoms with van der Waals surface area (Å²) >= 11 is 1.69. The van der Waals surface area contributed by atoms with Gasteiger partial charge in [0.15, 0.2) is 5.78 Å². The van der Waals surface area contributed by atoms with Crippen molar-refractivity contribution in [1.29, 1.82) is 0 Å². The van der Waals surface area contributed by atoms with Crippen molar-refractivity contribution in [3.63, 3.8) is 0 Å². The lowest BCUT2D eigenvalue weighted by Crippen LogP contribution is -2.47. The Morgan fingerprint density at radius 2 is 1.78 bits per heavy atom. The highest BCUT2D eigenvalue weighted by molar-refractivity contribution is 7.21. The summed E-state index contributed by atoms with van der Waals surface area (Å²) in [6, 6.07) is 17.6. The van der Waals surface area contributed by atoms with Crippen molar-refractivity contribution < 1.29 is 4.79 Å². The van der Waals surface area contributed by atoms with Gasteiger partial charge in [0.2, 0.25) is 0 Å². The Kier molecular flexibility index (Phi) is 5.49. The lowest BCUT2D eigenvalue weighted by Gasteiger charge is -2.44. The molecule has 4 fully saturated rings. The predicted octanol–water partition coefficient (Wildman–Crippen LogP) is 4.89. The van der Waals surface area contributed by atoms with Crippen molar-refractivity contribution in [2.24, 2.45) is 11.8 Å². The van der Waals surface area contributed by atoms with Gasteiger partial charge < -0.3 is 15.1 Å². The van der Waals surface area contributed by atoms with Crippen LogP contribution in [0.5, 0.6) is 0 Å². The van der Waals surface area contributed by atoms with Gasteiger partial charge in [-0.1, -0.05) is 30.3 Å². The van der Waals surface area contributed by atoms with Gasteiger partial charge in [-0.3, -0.25) is 4.79 Å². The van der Waals surface area contributed by atoms with Crippen LogP contribution in [0.2, 0.25) is 0 Å². The van der Waals surface area contributed by atoms with E-state index in [4.69, 9.17) is 0 Å². The molecule has 0 unspecified atom stereocenters. The maximum Gasteiger partial charge on any atom is 0.173 e. The number of carbonyl (C=O) groups is 1. The average Bonchev–Trinajstić information content (AvgIpc) is 3.30. The van der Waals surface area contributed by atoms with Crippen LogP contribution in [-0.4, -0.2) is 56.5 Å². The average molecular weight is 446 g/mol. The smallest absolute Gasteiger partial charge is 0.173 e. The van der Waals surface area contributed by atoms with Crippen LogP contribution in [0.4, 0.5) is 5.69 Å². The summed E-state index contributed by atoms with van der Waals surface area (Å²) < 4.78 is 1.24. The second-order valence-electron chi connectivity index (χ2n) is 9.64. The number of anilines is 1. The van der Waals surface area contributed by atoms with Crippen LogP contribution in [0.1, 0.15) is 28.9 Å². The first-order valence-electron chi connectivity index (χ1n) is 12.1. The SMILES string of the molecule is O=C(C[C@H]1CN2CCC1CC2)c1cc2cccc(-c3ccc(N4CCNCC4)cc3)c2s1. The standard InChI is InChI=1S/C27H31N3OS/c31-25(16-22-18-29-12-8-19(22)9-13-29)26-17-21-2-1-3-24(27(21)32-26)20-4-6-23(7-5-20)30-14-10-28-11-15-30/h1-7,17,19,22,28H,8-16,18H2/t22-/m0/s1. The molecule has 0 amide bonds. The maximum atomic E-state index is 13.2. The second kappa shape index (κ2) is 8.62. The number of thiophene rings is 1. The number of benzene rings is 2. The first-order valence-corrected chi connectivity index (χ1v) is 12.9. The number of piperidine rings is 3. The van der Waals surface area contributed by atoms with E-state index in [0.717, 1.165) is 43.5 Å². The highest BCUT2D eigenvalue weighted by atomic mass is 32.1. The fraction of sp³-hybridized carbons (Fsp3) is 0.444. The molecule has 7 rings (SSSR count). The predicted molar refractivity (Wildman–Crippen MR) is 134 cm³/mol. The number of hydrogen-bond donors (Lipinski definition) is 1. The Morgan fingerprint density at radius 1 is 1.00 bits per heavy atom. The molecule has 5 heteroatoms. The highest BCUT2D eigenvalue weighted by Gasteiger charge is 2.35. The molecule has 166 valence electrons. The van der Waals surface area contributed by atoms with E-state index >= 15 is 0 Å². The number of piperazine rings is 1. The van der Waals surface area contributed by atoms with Crippen LogP contribution in [-0.2, 0) is 0 Å². The molecule has 3 aromatic rings. The highest BCUT2D eigenvalue weighted by Crippen LogP contribution is 2.38. The molecule has 0 radical (unpaired) electrons. The van der Waals surface area contributed by atoms with Gasteiger partial charge in [-0.05, 0) is 72.5 Å². The molecular formula is C27H31N3OS. The maximum absolute atomic E-state index is 13.2. The van der Waals surface area contributed by atoms with Crippen molar-refractivity contribution in [3.05, 3.63) is 53.4 Å². The Bertz CT molecular complexity index is 1110. The van der Waals surface area contributed by atoms with Gasteiger partial charge in [0.1, 0.15) is 0 Å². The molecule has 2 bridgehead atoms. The second-order valence-corrected chi connectivity index (χ2v) is 10.7. The zero-order valence-corrected chi connectivity index (χ0v) is 19.4. The Balaban J connectivity index is 1.24. The number of rotatable bonds is 5. The molecule has 4 aliphatic rings. The molecule has 32 heavy (non-hydrogen) atoms. The monoisotopic (exact) mass is 445 g/mol. The minimum absolute atomic E-state index is 0.338. The topological polar surface area (TPSA) is 35.6 Å². The van der Waals surface area contributed by atoms with Crippen LogP contribution < -0.4 is 10.2 Å². The van der Waals surface area contributed by atoms with Crippen LogP contribution in [0.15, 0.2) is 48.5 Å². The van der Waals surface area contributed by atoms with E-state index in [1.54, 1.807) is 11.3 Å². The van der Waals surface area contributed by atoms with Crippen LogP contribution >= 0.6 is 11.3 Å². The minimum Gasteiger partial charge on any atom is -0.369 e. The third kappa shape index (κ3) is 3.87. The summed E-state index contributed by atoms with van der Waals surface area (Å²) in [5, 5.41) is 4.61. The van der Waals surface area contributed by atoms with Crippen molar-refractivity contribution >= 4 is 32.9 Å². The van der Waals surface area contributed by atoms with Gasteiger partial charge in [-0.15, -0.1) is 11.3 Å². The number of nitrogens with zero attached hydrogens (tertiary/aromatic N) is 2. The summed E-state index contributed by atoms with van der Waals surface area (Å²) in [7, 11) is 0. The van der Waals surface area contributed by atoms with E-state index in [-0.39, 0.29) is 0 Å². The van der Waals surface area contributed by atoms with Gasteiger partial charge in [0, 0.05) is 49.5 Å². The van der Waals surface area contributed by atoms with E-state index in [1.165, 1.54) is 52.8 Å². The molecule has 1 N–H and O–H groups in total. The van der Waals surface area contributed by atoms with Gasteiger partial charge >= 0.3 is 0 Å². The van der Waals surface area contributed by atoms with Crippen LogP contribution in [0.3, 0.4) is 0 Å². The molecule has 1 aromatic heterocycles. The van der Waals surface area contributed by atoms with Crippen molar-refractivity contribution in [1.82, 2.24) is 10.2 Å². The third-order valence-electron chi connectivity index (χ3n) is 7.72. The van der Waals surface area contributed by atoms with E-state index in [1.807, 2.05) is 0 Å². The Hall–Kier alpha value is -2.21. The molecule has 0 spiro atoms. The van der Waals surface area contributed by atoms with E-state index < -0.39 is 0 Å². The molecular weight excluding hydrogens is 414 g/mol. The first kappa shape index (κ1) is 20.4. The normalized spacial score (nSPS) is 25.4. The van der Waals surface area contributed by atoms with E-state index in [9.17, 15) is 4.79 Å². The Morgan fingerprint density at radius 3 is 2.50 bits per heavy atom. The summed E-state index contributed by atoms with van der Waals surface area (Å²) in [6.45, 7) is 7.80. The van der Waals surface area contributed by atoms with Crippen molar-refractivity contribution in [2.75, 3.05) is 50.7 Å². The number of ketones is 1. The number of nitrogens with one attached hydrogen (secondary N) is 1. The zero-order chi connectivity index (χ0) is 21.5. The number of fused-ring (bicyclic) bond motifs is 4. The number of carbonyl (C=O) groups excluding carboxylic acids is 1. The minimum atomic E-state index is 0.338. The van der Waals surface area contributed by atoms with E-state index in [0.29, 0.717) is 18.1 Å². The lowest BCUT2D eigenvalue weighted by atomic mass is 9.76. The molecule has 0 aliphatic carbocycles. The summed E-state index contributed by atoms with van der Waals surface area (Å²) in [5.41, 5.74) is 3.76. The molecule has 4 saturated heterocycles.